The van der Waals surface area contributed by atoms with E-state index < -0.39 is 10.0 Å². The van der Waals surface area contributed by atoms with Crippen LogP contribution in [0.5, 0.6) is 0 Å². The Morgan fingerprint density at radius 3 is 2.39 bits per heavy atom. The van der Waals surface area contributed by atoms with Gasteiger partial charge in [-0.05, 0) is 61.7 Å². The van der Waals surface area contributed by atoms with Crippen molar-refractivity contribution in [3.8, 4) is 0 Å². The van der Waals surface area contributed by atoms with Crippen molar-refractivity contribution in [3.63, 3.8) is 0 Å². The topological polar surface area (TPSA) is 71.7 Å². The lowest BCUT2D eigenvalue weighted by Crippen LogP contribution is -2.31. The molecule has 0 saturated carbocycles. The van der Waals surface area contributed by atoms with Crippen molar-refractivity contribution in [2.24, 2.45) is 12.0 Å². The van der Waals surface area contributed by atoms with Crippen LogP contribution in [0.4, 0.5) is 0 Å². The fourth-order valence-corrected chi connectivity index (χ4v) is 6.05. The number of hydrogen-bond donors (Lipinski definition) is 0. The Labute approximate surface area is 187 Å². The molecule has 0 radical (unpaired) electrons. The summed E-state index contributed by atoms with van der Waals surface area (Å²) in [6.07, 6.45) is 1.74. The molecule has 31 heavy (non-hydrogen) atoms. The lowest BCUT2D eigenvalue weighted by atomic mass is 10.1. The molecule has 0 atom stereocenters. The Morgan fingerprint density at radius 2 is 1.77 bits per heavy atom. The van der Waals surface area contributed by atoms with Gasteiger partial charge in [-0.25, -0.2) is 8.42 Å². The van der Waals surface area contributed by atoms with Crippen LogP contribution in [0.2, 0.25) is 0 Å². The molecule has 8 heteroatoms. The highest BCUT2D eigenvalue weighted by atomic mass is 32.2. The van der Waals surface area contributed by atoms with Gasteiger partial charge in [-0.1, -0.05) is 37.7 Å². The van der Waals surface area contributed by atoms with Crippen molar-refractivity contribution >= 4 is 37.5 Å². The molecule has 1 heterocycles. The molecule has 0 bridgehead atoms. The Bertz CT molecular complexity index is 1270. The number of carbonyl (C=O) groups is 1. The van der Waals surface area contributed by atoms with Gasteiger partial charge in [0.05, 0.1) is 15.1 Å². The van der Waals surface area contributed by atoms with Crippen LogP contribution in [-0.4, -0.2) is 36.3 Å². The molecule has 3 rings (SSSR count). The van der Waals surface area contributed by atoms with E-state index in [2.05, 4.69) is 24.9 Å². The van der Waals surface area contributed by atoms with Gasteiger partial charge in [0.15, 0.2) is 4.80 Å². The molecular formula is C23H29N3O3S2. The molecule has 0 saturated heterocycles. The number of sulfonamides is 1. The first-order valence-electron chi connectivity index (χ1n) is 10.5. The van der Waals surface area contributed by atoms with E-state index in [4.69, 9.17) is 0 Å². The molecule has 0 unspecified atom stereocenters. The van der Waals surface area contributed by atoms with Crippen LogP contribution in [0, 0.1) is 13.8 Å². The van der Waals surface area contributed by atoms with Crippen molar-refractivity contribution in [3.05, 3.63) is 57.9 Å². The smallest absolute Gasteiger partial charge is 0.279 e. The average Bonchev–Trinajstić information content (AvgIpc) is 3.07. The van der Waals surface area contributed by atoms with Crippen molar-refractivity contribution in [2.75, 3.05) is 13.1 Å². The molecule has 166 valence electrons. The zero-order valence-corrected chi connectivity index (χ0v) is 20.3. The van der Waals surface area contributed by atoms with Crippen molar-refractivity contribution in [2.45, 2.75) is 45.4 Å². The third-order valence-electron chi connectivity index (χ3n) is 5.54. The van der Waals surface area contributed by atoms with Crippen LogP contribution in [0.25, 0.3) is 10.2 Å². The van der Waals surface area contributed by atoms with Crippen molar-refractivity contribution < 1.29 is 13.2 Å². The first-order chi connectivity index (χ1) is 14.7. The Kier molecular flexibility index (Phi) is 7.13. The van der Waals surface area contributed by atoms with Gasteiger partial charge in [-0.15, -0.1) is 0 Å². The number of aromatic nitrogens is 1. The maximum absolute atomic E-state index is 12.9. The summed E-state index contributed by atoms with van der Waals surface area (Å²) in [6, 6.07) is 10.2. The highest BCUT2D eigenvalue weighted by Crippen LogP contribution is 2.23. The number of fused-ring (bicyclic) bond motifs is 1. The monoisotopic (exact) mass is 459 g/mol. The maximum atomic E-state index is 12.9. The van der Waals surface area contributed by atoms with Crippen LogP contribution in [0.15, 0.2) is 46.3 Å². The molecule has 6 nitrogen and oxygen atoms in total. The summed E-state index contributed by atoms with van der Waals surface area (Å²) < 4.78 is 30.2. The number of thiazole rings is 1. The minimum absolute atomic E-state index is 0.195. The van der Waals surface area contributed by atoms with Crippen molar-refractivity contribution in [1.82, 2.24) is 8.87 Å². The SMILES string of the molecule is CCCCN(CC)S(=O)(=O)c1ccc(C(=O)N=c2sc3ccc(C)c(C)c3n2C)cc1. The Morgan fingerprint density at radius 1 is 1.10 bits per heavy atom. The van der Waals surface area contributed by atoms with Crippen LogP contribution < -0.4 is 4.80 Å². The minimum Gasteiger partial charge on any atom is -0.319 e. The molecular weight excluding hydrogens is 430 g/mol. The van der Waals surface area contributed by atoms with Crippen LogP contribution in [0.3, 0.4) is 0 Å². The molecule has 0 spiro atoms. The predicted molar refractivity (Wildman–Crippen MR) is 126 cm³/mol. The number of aryl methyl sites for hydroxylation is 3. The molecule has 0 aliphatic rings. The summed E-state index contributed by atoms with van der Waals surface area (Å²) in [4.78, 5) is 17.9. The molecule has 1 amide bonds. The van der Waals surface area contributed by atoms with Gasteiger partial charge in [0.2, 0.25) is 10.0 Å². The van der Waals surface area contributed by atoms with E-state index in [1.165, 1.54) is 51.0 Å². The van der Waals surface area contributed by atoms with Gasteiger partial charge in [0.1, 0.15) is 0 Å². The standard InChI is InChI=1S/C23H29N3O3S2/c1-6-8-15-26(7-2)31(28,29)19-12-10-18(11-13-19)22(27)24-23-25(5)21-17(4)16(3)9-14-20(21)30-23/h9-14H,6-8,15H2,1-5H3. The van der Waals surface area contributed by atoms with Gasteiger partial charge >= 0.3 is 0 Å². The first kappa shape index (κ1) is 23.4. The van der Waals surface area contributed by atoms with E-state index in [0.717, 1.165) is 23.1 Å². The summed E-state index contributed by atoms with van der Waals surface area (Å²) >= 11 is 1.46. The normalized spacial score (nSPS) is 12.8. The molecule has 0 N–H and O–H groups in total. The minimum atomic E-state index is -3.57. The van der Waals surface area contributed by atoms with Gasteiger partial charge in [0.25, 0.3) is 5.91 Å². The lowest BCUT2D eigenvalue weighted by Gasteiger charge is -2.20. The third kappa shape index (κ3) is 4.66. The predicted octanol–water partition coefficient (Wildman–Crippen LogP) is 4.41. The average molecular weight is 460 g/mol. The molecule has 0 fully saturated rings. The fourth-order valence-electron chi connectivity index (χ4n) is 3.49. The largest absolute Gasteiger partial charge is 0.319 e. The fraction of sp³-hybridized carbons (Fsp3) is 0.391. The zero-order chi connectivity index (χ0) is 22.8. The molecule has 2 aromatic carbocycles. The van der Waals surface area contributed by atoms with Gasteiger partial charge < -0.3 is 4.57 Å². The number of hydrogen-bond acceptors (Lipinski definition) is 4. The second kappa shape index (κ2) is 9.46. The van der Waals surface area contributed by atoms with Crippen LogP contribution >= 0.6 is 11.3 Å². The van der Waals surface area contributed by atoms with Gasteiger partial charge in [-0.3, -0.25) is 4.79 Å². The molecule has 0 aliphatic carbocycles. The molecule has 0 aliphatic heterocycles. The summed E-state index contributed by atoms with van der Waals surface area (Å²) in [5.74, 6) is -0.390. The second-order valence-corrected chi connectivity index (χ2v) is 10.5. The zero-order valence-electron chi connectivity index (χ0n) is 18.7. The van der Waals surface area contributed by atoms with E-state index >= 15 is 0 Å². The first-order valence-corrected chi connectivity index (χ1v) is 12.7. The summed E-state index contributed by atoms with van der Waals surface area (Å²) in [5.41, 5.74) is 3.80. The molecule has 3 aromatic rings. The summed E-state index contributed by atoms with van der Waals surface area (Å²) in [7, 11) is -1.66. The summed E-state index contributed by atoms with van der Waals surface area (Å²) in [6.45, 7) is 8.90. The van der Waals surface area contributed by atoms with Gasteiger partial charge in [0, 0.05) is 25.7 Å². The van der Waals surface area contributed by atoms with Crippen molar-refractivity contribution in [1.29, 1.82) is 0 Å². The quantitative estimate of drug-likeness (QED) is 0.525. The number of carbonyl (C=O) groups excluding carboxylic acids is 1. The Balaban J connectivity index is 1.92. The number of nitrogens with zero attached hydrogens (tertiary/aromatic N) is 3. The number of amides is 1. The maximum Gasteiger partial charge on any atom is 0.279 e. The van der Waals surface area contributed by atoms with Crippen LogP contribution in [0.1, 0.15) is 48.2 Å². The van der Waals surface area contributed by atoms with E-state index in [-0.39, 0.29) is 10.8 Å². The Hall–Kier alpha value is -2.29. The van der Waals surface area contributed by atoms with Crippen LogP contribution in [-0.2, 0) is 17.1 Å². The van der Waals surface area contributed by atoms with E-state index in [1.807, 2.05) is 31.5 Å². The number of rotatable bonds is 7. The number of unbranched alkanes of at least 4 members (excludes halogenated alkanes) is 1. The van der Waals surface area contributed by atoms with Gasteiger partial charge in [-0.2, -0.15) is 9.30 Å². The number of benzene rings is 2. The van der Waals surface area contributed by atoms with E-state index in [0.29, 0.717) is 23.5 Å². The second-order valence-electron chi connectivity index (χ2n) is 7.59. The van der Waals surface area contributed by atoms with E-state index in [9.17, 15) is 13.2 Å². The third-order valence-corrected chi connectivity index (χ3v) is 8.62. The lowest BCUT2D eigenvalue weighted by molar-refractivity contribution is 0.0998. The highest BCUT2D eigenvalue weighted by molar-refractivity contribution is 7.89. The highest BCUT2D eigenvalue weighted by Gasteiger charge is 2.22. The van der Waals surface area contributed by atoms with E-state index in [1.54, 1.807) is 0 Å². The summed E-state index contributed by atoms with van der Waals surface area (Å²) in [5, 5.41) is 0. The molecule has 1 aromatic heterocycles.